The maximum absolute atomic E-state index is 12.1. The number of benzene rings is 2. The van der Waals surface area contributed by atoms with Crippen LogP contribution in [0.25, 0.3) is 0 Å². The van der Waals surface area contributed by atoms with Gasteiger partial charge in [-0.25, -0.2) is 4.99 Å². The summed E-state index contributed by atoms with van der Waals surface area (Å²) in [5.41, 5.74) is 4.45. The first-order valence-electron chi connectivity index (χ1n) is 9.94. The monoisotopic (exact) mass is 380 g/mol. The zero-order chi connectivity index (χ0) is 20.4. The molecule has 0 aliphatic rings. The van der Waals surface area contributed by atoms with Gasteiger partial charge in [-0.15, -0.1) is 0 Å². The molecule has 5 nitrogen and oxygen atoms in total. The molecule has 2 rings (SSSR count). The van der Waals surface area contributed by atoms with Crippen molar-refractivity contribution in [1.29, 1.82) is 0 Å². The van der Waals surface area contributed by atoms with Crippen molar-refractivity contribution in [3.63, 3.8) is 0 Å². The highest BCUT2D eigenvalue weighted by atomic mass is 16.2. The lowest BCUT2D eigenvalue weighted by Gasteiger charge is -2.13. The number of amides is 1. The van der Waals surface area contributed by atoms with Crippen molar-refractivity contribution in [2.75, 3.05) is 27.2 Å². The zero-order valence-corrected chi connectivity index (χ0v) is 17.5. The fourth-order valence-electron chi connectivity index (χ4n) is 3.01. The summed E-state index contributed by atoms with van der Waals surface area (Å²) < 4.78 is 0. The molecule has 0 radical (unpaired) electrons. The first kappa shape index (κ1) is 21.5. The third kappa shape index (κ3) is 6.41. The molecule has 0 atom stereocenters. The Morgan fingerprint density at radius 3 is 2.43 bits per heavy atom. The minimum absolute atomic E-state index is 0.0271. The SMILES string of the molecule is CCNC(=NCc1ccccc1CC)NCCc1cccc(C(=O)N(C)C)c1. The van der Waals surface area contributed by atoms with Crippen molar-refractivity contribution in [3.8, 4) is 0 Å². The summed E-state index contributed by atoms with van der Waals surface area (Å²) >= 11 is 0. The van der Waals surface area contributed by atoms with E-state index in [0.717, 1.165) is 43.0 Å². The third-order valence-corrected chi connectivity index (χ3v) is 4.54. The van der Waals surface area contributed by atoms with Crippen LogP contribution in [0.1, 0.15) is 40.9 Å². The molecule has 150 valence electrons. The number of hydrogen-bond donors (Lipinski definition) is 2. The van der Waals surface area contributed by atoms with Gasteiger partial charge in [-0.3, -0.25) is 4.79 Å². The van der Waals surface area contributed by atoms with Gasteiger partial charge in [-0.2, -0.15) is 0 Å². The van der Waals surface area contributed by atoms with Crippen LogP contribution in [0.4, 0.5) is 0 Å². The summed E-state index contributed by atoms with van der Waals surface area (Å²) in [4.78, 5) is 18.4. The van der Waals surface area contributed by atoms with E-state index in [-0.39, 0.29) is 5.91 Å². The molecule has 0 aliphatic carbocycles. The Labute approximate surface area is 168 Å². The van der Waals surface area contributed by atoms with Crippen LogP contribution < -0.4 is 10.6 Å². The maximum atomic E-state index is 12.1. The van der Waals surface area contributed by atoms with Gasteiger partial charge in [0.2, 0.25) is 0 Å². The number of aliphatic imine (C=N–C) groups is 1. The minimum atomic E-state index is 0.0271. The molecule has 0 saturated heterocycles. The predicted molar refractivity (Wildman–Crippen MR) is 117 cm³/mol. The summed E-state index contributed by atoms with van der Waals surface area (Å²) in [6.45, 7) is 6.45. The van der Waals surface area contributed by atoms with Gasteiger partial charge < -0.3 is 15.5 Å². The van der Waals surface area contributed by atoms with Gasteiger partial charge in [0.1, 0.15) is 0 Å². The van der Waals surface area contributed by atoms with E-state index < -0.39 is 0 Å². The van der Waals surface area contributed by atoms with E-state index in [0.29, 0.717) is 6.54 Å². The molecule has 0 fully saturated rings. The highest BCUT2D eigenvalue weighted by Crippen LogP contribution is 2.11. The first-order valence-corrected chi connectivity index (χ1v) is 9.94. The molecule has 0 aromatic heterocycles. The largest absolute Gasteiger partial charge is 0.357 e. The molecule has 5 heteroatoms. The minimum Gasteiger partial charge on any atom is -0.357 e. The van der Waals surface area contributed by atoms with Gasteiger partial charge in [-0.1, -0.05) is 43.3 Å². The lowest BCUT2D eigenvalue weighted by Crippen LogP contribution is -2.38. The van der Waals surface area contributed by atoms with Crippen LogP contribution in [0, 0.1) is 0 Å². The van der Waals surface area contributed by atoms with E-state index in [9.17, 15) is 4.79 Å². The Bertz CT molecular complexity index is 799. The van der Waals surface area contributed by atoms with Gasteiger partial charge in [0.05, 0.1) is 6.54 Å². The van der Waals surface area contributed by atoms with E-state index in [1.54, 1.807) is 19.0 Å². The smallest absolute Gasteiger partial charge is 0.253 e. The number of hydrogen-bond acceptors (Lipinski definition) is 2. The lowest BCUT2D eigenvalue weighted by atomic mass is 10.1. The van der Waals surface area contributed by atoms with E-state index in [4.69, 9.17) is 4.99 Å². The molecule has 2 aromatic carbocycles. The zero-order valence-electron chi connectivity index (χ0n) is 17.5. The van der Waals surface area contributed by atoms with Crippen molar-refractivity contribution < 1.29 is 4.79 Å². The van der Waals surface area contributed by atoms with Gasteiger partial charge in [0.15, 0.2) is 5.96 Å². The molecule has 0 aliphatic heterocycles. The van der Waals surface area contributed by atoms with Crippen LogP contribution in [0.5, 0.6) is 0 Å². The molecule has 2 aromatic rings. The number of rotatable bonds is 8. The molecule has 1 amide bonds. The van der Waals surface area contributed by atoms with Crippen LogP contribution in [-0.2, 0) is 19.4 Å². The van der Waals surface area contributed by atoms with Crippen molar-refractivity contribution in [3.05, 3.63) is 70.8 Å². The van der Waals surface area contributed by atoms with Gasteiger partial charge in [0, 0.05) is 32.7 Å². The second kappa shape index (κ2) is 11.1. The predicted octanol–water partition coefficient (Wildman–Crippen LogP) is 3.25. The fraction of sp³-hybridized carbons (Fsp3) is 0.391. The lowest BCUT2D eigenvalue weighted by molar-refractivity contribution is 0.0827. The van der Waals surface area contributed by atoms with E-state index in [1.165, 1.54) is 11.1 Å². The van der Waals surface area contributed by atoms with Crippen LogP contribution in [-0.4, -0.2) is 44.0 Å². The number of carbonyl (C=O) groups excluding carboxylic acids is 1. The molecule has 0 unspecified atom stereocenters. The maximum Gasteiger partial charge on any atom is 0.253 e. The first-order chi connectivity index (χ1) is 13.5. The Morgan fingerprint density at radius 1 is 1.00 bits per heavy atom. The van der Waals surface area contributed by atoms with Crippen LogP contribution in [0.15, 0.2) is 53.5 Å². The second-order valence-corrected chi connectivity index (χ2v) is 6.89. The summed E-state index contributed by atoms with van der Waals surface area (Å²) in [7, 11) is 3.54. The van der Waals surface area contributed by atoms with Crippen LogP contribution in [0.3, 0.4) is 0 Å². The average Bonchev–Trinajstić information content (AvgIpc) is 2.71. The van der Waals surface area contributed by atoms with Crippen LogP contribution >= 0.6 is 0 Å². The number of nitrogens with one attached hydrogen (secondary N) is 2. The number of carbonyl (C=O) groups is 1. The molecule has 28 heavy (non-hydrogen) atoms. The quantitative estimate of drug-likeness (QED) is 0.546. The summed E-state index contributed by atoms with van der Waals surface area (Å²) in [5, 5.41) is 6.69. The number of aryl methyl sites for hydroxylation is 1. The van der Waals surface area contributed by atoms with Crippen molar-refractivity contribution in [2.24, 2.45) is 4.99 Å². The van der Waals surface area contributed by atoms with Gasteiger partial charge >= 0.3 is 0 Å². The van der Waals surface area contributed by atoms with Crippen LogP contribution in [0.2, 0.25) is 0 Å². The standard InChI is InChI=1S/C23H32N4O/c1-5-19-11-7-8-12-21(19)17-26-23(24-6-2)25-15-14-18-10-9-13-20(16-18)22(28)27(3)4/h7-13,16H,5-6,14-15,17H2,1-4H3,(H2,24,25,26). The average molecular weight is 381 g/mol. The highest BCUT2D eigenvalue weighted by molar-refractivity contribution is 5.94. The molecular weight excluding hydrogens is 348 g/mol. The molecular formula is C23H32N4O. The molecule has 0 spiro atoms. The molecule has 0 heterocycles. The Hall–Kier alpha value is -2.82. The fourth-order valence-corrected chi connectivity index (χ4v) is 3.01. The van der Waals surface area contributed by atoms with E-state index >= 15 is 0 Å². The van der Waals surface area contributed by atoms with Gasteiger partial charge in [-0.05, 0) is 48.6 Å². The Kier molecular flexibility index (Phi) is 8.53. The highest BCUT2D eigenvalue weighted by Gasteiger charge is 2.08. The Balaban J connectivity index is 1.96. The van der Waals surface area contributed by atoms with E-state index in [2.05, 4.69) is 54.8 Å². The van der Waals surface area contributed by atoms with E-state index in [1.807, 2.05) is 18.2 Å². The number of nitrogens with zero attached hydrogens (tertiary/aromatic N) is 2. The third-order valence-electron chi connectivity index (χ3n) is 4.54. The topological polar surface area (TPSA) is 56.7 Å². The van der Waals surface area contributed by atoms with Crippen molar-refractivity contribution in [1.82, 2.24) is 15.5 Å². The summed E-state index contributed by atoms with van der Waals surface area (Å²) in [6, 6.07) is 16.2. The van der Waals surface area contributed by atoms with Crippen molar-refractivity contribution in [2.45, 2.75) is 33.2 Å². The Morgan fingerprint density at radius 2 is 1.75 bits per heavy atom. The summed E-state index contributed by atoms with van der Waals surface area (Å²) in [5.74, 6) is 0.841. The molecule has 2 N–H and O–H groups in total. The van der Waals surface area contributed by atoms with Gasteiger partial charge in [0.25, 0.3) is 5.91 Å². The number of guanidine groups is 1. The second-order valence-electron chi connectivity index (χ2n) is 6.89. The van der Waals surface area contributed by atoms with Crippen molar-refractivity contribution >= 4 is 11.9 Å². The normalized spacial score (nSPS) is 11.2. The molecule has 0 saturated carbocycles. The molecule has 0 bridgehead atoms. The summed E-state index contributed by atoms with van der Waals surface area (Å²) in [6.07, 6.45) is 1.84.